The molecule has 162 valence electrons. The van der Waals surface area contributed by atoms with Gasteiger partial charge in [-0.3, -0.25) is 9.78 Å². The Morgan fingerprint density at radius 1 is 1.16 bits per heavy atom. The van der Waals surface area contributed by atoms with Crippen LogP contribution in [0.3, 0.4) is 0 Å². The van der Waals surface area contributed by atoms with E-state index in [1.807, 2.05) is 38.5 Å². The smallest absolute Gasteiger partial charge is 0.289 e. The van der Waals surface area contributed by atoms with Crippen molar-refractivity contribution in [2.75, 3.05) is 6.54 Å². The van der Waals surface area contributed by atoms with Crippen LogP contribution in [-0.4, -0.2) is 32.6 Å². The Kier molecular flexibility index (Phi) is 6.39. The van der Waals surface area contributed by atoms with Gasteiger partial charge in [-0.25, -0.2) is 9.97 Å². The highest BCUT2D eigenvalue weighted by atomic mass is 16.5. The summed E-state index contributed by atoms with van der Waals surface area (Å²) < 4.78 is 5.13. The van der Waals surface area contributed by atoms with Gasteiger partial charge in [0.1, 0.15) is 5.82 Å². The molecule has 1 aliphatic rings. The molecule has 3 aromatic rings. The van der Waals surface area contributed by atoms with Gasteiger partial charge < -0.3 is 9.84 Å². The lowest BCUT2D eigenvalue weighted by atomic mass is 9.78. The highest BCUT2D eigenvalue weighted by Gasteiger charge is 2.27. The summed E-state index contributed by atoms with van der Waals surface area (Å²) >= 11 is 0. The standard InChI is InChI=1S/C24H29N5O2/c1-4-19-11-22(31-29-19)24(30)27-13-17-5-7-18(8-6-17)23-21(14-26-16(3)28-23)20-9-10-25-12-15(20)2/h9-12,14,17-18H,4-8,13H2,1-3H3,(H,27,30). The molecule has 1 saturated carbocycles. The lowest BCUT2D eigenvalue weighted by Crippen LogP contribution is -2.31. The molecule has 0 aromatic carbocycles. The SMILES string of the molecule is CCc1cc(C(=O)NCC2CCC(c3nc(C)ncc3-c3ccncc3C)CC2)on1. The predicted molar refractivity (Wildman–Crippen MR) is 118 cm³/mol. The number of pyridine rings is 1. The van der Waals surface area contributed by atoms with Crippen LogP contribution in [0.15, 0.2) is 35.2 Å². The summed E-state index contributed by atoms with van der Waals surface area (Å²) in [5.74, 6) is 1.77. The second kappa shape index (κ2) is 9.37. The van der Waals surface area contributed by atoms with Gasteiger partial charge >= 0.3 is 0 Å². The molecule has 1 aliphatic carbocycles. The van der Waals surface area contributed by atoms with Crippen LogP contribution in [0.4, 0.5) is 0 Å². The van der Waals surface area contributed by atoms with Crippen LogP contribution in [0.5, 0.6) is 0 Å². The maximum Gasteiger partial charge on any atom is 0.289 e. The number of hydrogen-bond acceptors (Lipinski definition) is 6. The van der Waals surface area contributed by atoms with Crippen molar-refractivity contribution in [3.05, 3.63) is 59.3 Å². The number of hydrogen-bond donors (Lipinski definition) is 1. The number of carbonyl (C=O) groups is 1. The molecule has 3 aromatic heterocycles. The van der Waals surface area contributed by atoms with Crippen molar-refractivity contribution in [3.63, 3.8) is 0 Å². The molecule has 7 heteroatoms. The van der Waals surface area contributed by atoms with Crippen LogP contribution in [0.25, 0.3) is 11.1 Å². The van der Waals surface area contributed by atoms with Crippen molar-refractivity contribution in [2.45, 2.75) is 58.8 Å². The minimum atomic E-state index is -0.184. The quantitative estimate of drug-likeness (QED) is 0.636. The van der Waals surface area contributed by atoms with Gasteiger partial charge in [0.05, 0.1) is 11.4 Å². The van der Waals surface area contributed by atoms with Crippen LogP contribution >= 0.6 is 0 Å². The van der Waals surface area contributed by atoms with E-state index in [9.17, 15) is 4.79 Å². The van der Waals surface area contributed by atoms with Gasteiger partial charge in [-0.1, -0.05) is 12.1 Å². The van der Waals surface area contributed by atoms with Crippen LogP contribution in [-0.2, 0) is 6.42 Å². The number of nitrogens with one attached hydrogen (secondary N) is 1. The first kappa shape index (κ1) is 21.2. The van der Waals surface area contributed by atoms with E-state index in [-0.39, 0.29) is 5.91 Å². The molecular formula is C24H29N5O2. The van der Waals surface area contributed by atoms with Crippen molar-refractivity contribution in [1.29, 1.82) is 0 Å². The first-order chi connectivity index (χ1) is 15.0. The Morgan fingerprint density at radius 3 is 2.68 bits per heavy atom. The van der Waals surface area contributed by atoms with E-state index < -0.39 is 0 Å². The molecule has 1 N–H and O–H groups in total. The highest BCUT2D eigenvalue weighted by Crippen LogP contribution is 2.39. The van der Waals surface area contributed by atoms with E-state index in [1.165, 1.54) is 0 Å². The number of rotatable bonds is 6. The van der Waals surface area contributed by atoms with Crippen molar-refractivity contribution in [1.82, 2.24) is 25.4 Å². The van der Waals surface area contributed by atoms with Crippen LogP contribution in [0.2, 0.25) is 0 Å². The number of aromatic nitrogens is 4. The summed E-state index contributed by atoms with van der Waals surface area (Å²) in [6.45, 7) is 6.66. The first-order valence-corrected chi connectivity index (χ1v) is 11.0. The van der Waals surface area contributed by atoms with Crippen LogP contribution in [0, 0.1) is 19.8 Å². The fourth-order valence-electron chi connectivity index (χ4n) is 4.33. The van der Waals surface area contributed by atoms with E-state index in [1.54, 1.807) is 6.07 Å². The normalized spacial score (nSPS) is 18.7. The lowest BCUT2D eigenvalue weighted by molar-refractivity contribution is 0.0905. The molecule has 3 heterocycles. The van der Waals surface area contributed by atoms with Gasteiger partial charge in [0, 0.05) is 42.7 Å². The third-order valence-corrected chi connectivity index (χ3v) is 6.18. The monoisotopic (exact) mass is 419 g/mol. The van der Waals surface area contributed by atoms with Crippen molar-refractivity contribution in [2.24, 2.45) is 5.92 Å². The molecule has 0 bridgehead atoms. The van der Waals surface area contributed by atoms with E-state index in [4.69, 9.17) is 9.51 Å². The molecule has 0 atom stereocenters. The van der Waals surface area contributed by atoms with E-state index in [0.717, 1.165) is 66.0 Å². The molecule has 31 heavy (non-hydrogen) atoms. The fraction of sp³-hybridized carbons (Fsp3) is 0.458. The van der Waals surface area contributed by atoms with E-state index in [2.05, 4.69) is 27.4 Å². The van der Waals surface area contributed by atoms with Gasteiger partial charge in [0.2, 0.25) is 5.76 Å². The maximum absolute atomic E-state index is 12.3. The summed E-state index contributed by atoms with van der Waals surface area (Å²) in [6, 6.07) is 3.76. The third-order valence-electron chi connectivity index (χ3n) is 6.18. The topological polar surface area (TPSA) is 93.8 Å². The Morgan fingerprint density at radius 2 is 1.97 bits per heavy atom. The Bertz CT molecular complexity index is 1050. The highest BCUT2D eigenvalue weighted by molar-refractivity contribution is 5.91. The summed E-state index contributed by atoms with van der Waals surface area (Å²) in [5.41, 5.74) is 5.33. The Balaban J connectivity index is 1.39. The number of nitrogens with zero attached hydrogens (tertiary/aromatic N) is 4. The number of amides is 1. The Hall–Kier alpha value is -3.09. The average Bonchev–Trinajstić information content (AvgIpc) is 3.28. The predicted octanol–water partition coefficient (Wildman–Crippen LogP) is 4.41. The molecule has 4 rings (SSSR count). The fourth-order valence-corrected chi connectivity index (χ4v) is 4.33. The number of aryl methyl sites for hydroxylation is 3. The summed E-state index contributed by atoms with van der Waals surface area (Å²) in [6.07, 6.45) is 10.6. The van der Waals surface area contributed by atoms with Crippen molar-refractivity contribution in [3.8, 4) is 11.1 Å². The largest absolute Gasteiger partial charge is 0.351 e. The first-order valence-electron chi connectivity index (χ1n) is 11.0. The van der Waals surface area contributed by atoms with Crippen LogP contribution in [0.1, 0.15) is 71.9 Å². The number of carbonyl (C=O) groups excluding carboxylic acids is 1. The van der Waals surface area contributed by atoms with Crippen LogP contribution < -0.4 is 5.32 Å². The molecule has 0 radical (unpaired) electrons. The summed E-state index contributed by atoms with van der Waals surface area (Å²) in [7, 11) is 0. The average molecular weight is 420 g/mol. The zero-order valence-corrected chi connectivity index (χ0v) is 18.4. The van der Waals surface area contributed by atoms with Gasteiger partial charge in [-0.15, -0.1) is 0 Å². The van der Waals surface area contributed by atoms with Gasteiger partial charge in [-0.2, -0.15) is 0 Å². The minimum Gasteiger partial charge on any atom is -0.351 e. The van der Waals surface area contributed by atoms with Gasteiger partial charge in [0.25, 0.3) is 5.91 Å². The van der Waals surface area contributed by atoms with Crippen molar-refractivity contribution >= 4 is 5.91 Å². The summed E-state index contributed by atoms with van der Waals surface area (Å²) in [4.78, 5) is 25.8. The summed E-state index contributed by atoms with van der Waals surface area (Å²) in [5, 5.41) is 6.90. The zero-order chi connectivity index (χ0) is 21.8. The molecular weight excluding hydrogens is 390 g/mol. The molecule has 1 fully saturated rings. The maximum atomic E-state index is 12.3. The molecule has 1 amide bonds. The molecule has 0 unspecified atom stereocenters. The second-order valence-corrected chi connectivity index (χ2v) is 8.37. The van der Waals surface area contributed by atoms with Gasteiger partial charge in [0.15, 0.2) is 0 Å². The van der Waals surface area contributed by atoms with E-state index >= 15 is 0 Å². The minimum absolute atomic E-state index is 0.184. The zero-order valence-electron chi connectivity index (χ0n) is 18.4. The lowest BCUT2D eigenvalue weighted by Gasteiger charge is -2.29. The van der Waals surface area contributed by atoms with Crippen molar-refractivity contribution < 1.29 is 9.32 Å². The van der Waals surface area contributed by atoms with Gasteiger partial charge in [-0.05, 0) is 69.1 Å². The molecule has 7 nitrogen and oxygen atoms in total. The van der Waals surface area contributed by atoms with E-state index in [0.29, 0.717) is 24.1 Å². The molecule has 0 spiro atoms. The third kappa shape index (κ3) is 4.81. The molecule has 0 aliphatic heterocycles. The second-order valence-electron chi connectivity index (χ2n) is 8.37. The molecule has 0 saturated heterocycles. The Labute approximate surface area is 182 Å².